The fourth-order valence-corrected chi connectivity index (χ4v) is 7.26. The Bertz CT molecular complexity index is 1070. The van der Waals surface area contributed by atoms with Crippen molar-refractivity contribution in [2.45, 2.75) is 76.5 Å². The van der Waals surface area contributed by atoms with Gasteiger partial charge in [-0.3, -0.25) is 14.4 Å². The van der Waals surface area contributed by atoms with Crippen molar-refractivity contribution in [1.29, 1.82) is 0 Å². The number of esters is 1. The lowest BCUT2D eigenvalue weighted by molar-refractivity contribution is -0.160. The van der Waals surface area contributed by atoms with Crippen molar-refractivity contribution in [2.24, 2.45) is 11.8 Å². The van der Waals surface area contributed by atoms with Gasteiger partial charge < -0.3 is 24.4 Å². The zero-order chi connectivity index (χ0) is 27.7. The third-order valence-electron chi connectivity index (χ3n) is 8.55. The molecule has 1 aromatic carbocycles. The predicted octanol–water partition coefficient (Wildman–Crippen LogP) is 4.05. The zero-order valence-electron chi connectivity index (χ0n) is 22.6. The molecule has 38 heavy (non-hydrogen) atoms. The Morgan fingerprint density at radius 1 is 1.29 bits per heavy atom. The fourth-order valence-electron chi connectivity index (χ4n) is 6.93. The number of carbonyl (C=O) groups is 3. The number of likely N-dealkylation sites (tertiary alicyclic amines) is 1. The number of aliphatic hydroxyl groups excluding tert-OH is 1. The van der Waals surface area contributed by atoms with Gasteiger partial charge in [-0.05, 0) is 64.0 Å². The Hall–Kier alpha value is -2.42. The molecular formula is C29H39ClN2O6. The number of aryl methyl sites for hydroxylation is 1. The lowest BCUT2D eigenvalue weighted by Gasteiger charge is -2.37. The highest BCUT2D eigenvalue weighted by molar-refractivity contribution is 6.34. The number of carbonyl (C=O) groups excluding carboxylic acids is 3. The highest BCUT2D eigenvalue weighted by Crippen LogP contribution is 2.64. The molecule has 3 saturated heterocycles. The van der Waals surface area contributed by atoms with Crippen molar-refractivity contribution in [3.8, 4) is 0 Å². The van der Waals surface area contributed by atoms with Crippen LogP contribution in [0.5, 0.6) is 0 Å². The highest BCUT2D eigenvalue weighted by atomic mass is 35.5. The second-order valence-corrected chi connectivity index (χ2v) is 11.0. The lowest BCUT2D eigenvalue weighted by Crippen LogP contribution is -2.56. The smallest absolute Gasteiger partial charge is 0.312 e. The molecule has 0 aliphatic carbocycles. The number of anilines is 1. The maximum absolute atomic E-state index is 14.6. The number of ether oxygens (including phenoxy) is 2. The van der Waals surface area contributed by atoms with E-state index in [-0.39, 0.29) is 31.6 Å². The number of amides is 2. The summed E-state index contributed by atoms with van der Waals surface area (Å²) in [6.07, 6.45) is 5.19. The van der Waals surface area contributed by atoms with Gasteiger partial charge in [0.2, 0.25) is 5.91 Å². The van der Waals surface area contributed by atoms with Gasteiger partial charge in [-0.1, -0.05) is 36.7 Å². The Kier molecular flexibility index (Phi) is 8.55. The van der Waals surface area contributed by atoms with Crippen molar-refractivity contribution in [3.05, 3.63) is 41.4 Å². The van der Waals surface area contributed by atoms with Gasteiger partial charge in [0.1, 0.15) is 17.6 Å². The highest BCUT2D eigenvalue weighted by Gasteiger charge is 2.79. The topological polar surface area (TPSA) is 96.4 Å². The Labute approximate surface area is 229 Å². The molecule has 0 aromatic heterocycles. The van der Waals surface area contributed by atoms with Gasteiger partial charge in [0.15, 0.2) is 0 Å². The van der Waals surface area contributed by atoms with E-state index in [4.69, 9.17) is 21.1 Å². The molecule has 3 aliphatic heterocycles. The molecule has 2 bridgehead atoms. The number of para-hydroxylation sites is 1. The first-order chi connectivity index (χ1) is 18.2. The van der Waals surface area contributed by atoms with Crippen molar-refractivity contribution < 1.29 is 29.0 Å². The molecule has 3 aliphatic rings. The monoisotopic (exact) mass is 546 g/mol. The van der Waals surface area contributed by atoms with Crippen molar-refractivity contribution in [3.63, 3.8) is 0 Å². The van der Waals surface area contributed by atoms with Crippen LogP contribution >= 0.6 is 11.6 Å². The molecule has 1 spiro atoms. The van der Waals surface area contributed by atoms with Crippen LogP contribution in [0.1, 0.15) is 57.9 Å². The summed E-state index contributed by atoms with van der Waals surface area (Å²) in [5.41, 5.74) is -0.567. The van der Waals surface area contributed by atoms with E-state index < -0.39 is 35.0 Å². The third-order valence-corrected chi connectivity index (χ3v) is 8.85. The van der Waals surface area contributed by atoms with Gasteiger partial charge in [-0.25, -0.2) is 0 Å². The standard InChI is InChI=1S/C29H39ClN2O6/c1-5-16-31(23-19(4)12-11-13-20(23)30)26(35)24-29-15-14-28(6-2,38-29)22(27(36)37-7-3)21(29)25(34)32(24)17-9-8-10-18-33/h5,11-13,21-22,24,33H,1,6-10,14-18H2,2-4H3/t21-,22+,24?,28-,29?/m0/s1. The predicted molar refractivity (Wildman–Crippen MR) is 145 cm³/mol. The van der Waals surface area contributed by atoms with Gasteiger partial charge in [0, 0.05) is 19.7 Å². The van der Waals surface area contributed by atoms with Gasteiger partial charge in [0.25, 0.3) is 5.91 Å². The summed E-state index contributed by atoms with van der Waals surface area (Å²) in [5, 5.41) is 9.67. The number of unbranched alkanes of at least 4 members (excludes halogenated alkanes) is 2. The van der Waals surface area contributed by atoms with E-state index in [9.17, 15) is 19.5 Å². The van der Waals surface area contributed by atoms with Crippen molar-refractivity contribution in [2.75, 3.05) is 31.2 Å². The average molecular weight is 547 g/mol. The number of fused-ring (bicyclic) bond motifs is 1. The van der Waals surface area contributed by atoms with E-state index >= 15 is 0 Å². The minimum absolute atomic E-state index is 0.0643. The molecule has 8 nitrogen and oxygen atoms in total. The molecule has 208 valence electrons. The number of rotatable bonds is 12. The molecule has 9 heteroatoms. The van der Waals surface area contributed by atoms with Crippen LogP contribution in [-0.2, 0) is 23.9 Å². The van der Waals surface area contributed by atoms with E-state index in [1.807, 2.05) is 26.0 Å². The summed E-state index contributed by atoms with van der Waals surface area (Å²) in [4.78, 5) is 45.2. The van der Waals surface area contributed by atoms with E-state index in [1.54, 1.807) is 28.9 Å². The van der Waals surface area contributed by atoms with Crippen LogP contribution in [0, 0.1) is 18.8 Å². The van der Waals surface area contributed by atoms with E-state index in [2.05, 4.69) is 6.58 Å². The minimum Gasteiger partial charge on any atom is -0.466 e. The lowest BCUT2D eigenvalue weighted by atomic mass is 9.65. The molecule has 0 radical (unpaired) electrons. The van der Waals surface area contributed by atoms with Gasteiger partial charge in [-0.15, -0.1) is 6.58 Å². The van der Waals surface area contributed by atoms with Crippen LogP contribution in [0.3, 0.4) is 0 Å². The summed E-state index contributed by atoms with van der Waals surface area (Å²) >= 11 is 6.60. The molecule has 3 heterocycles. The third kappa shape index (κ3) is 4.44. The normalized spacial score (nSPS) is 29.4. The molecule has 4 rings (SSSR count). The zero-order valence-corrected chi connectivity index (χ0v) is 23.3. The van der Waals surface area contributed by atoms with Crippen molar-refractivity contribution in [1.82, 2.24) is 4.90 Å². The molecule has 2 amide bonds. The van der Waals surface area contributed by atoms with Crippen LogP contribution < -0.4 is 4.90 Å². The van der Waals surface area contributed by atoms with E-state index in [0.717, 1.165) is 5.56 Å². The molecule has 3 fully saturated rings. The van der Waals surface area contributed by atoms with Gasteiger partial charge in [-0.2, -0.15) is 0 Å². The van der Waals surface area contributed by atoms with Crippen LogP contribution in [0.25, 0.3) is 0 Å². The first-order valence-electron chi connectivity index (χ1n) is 13.7. The summed E-state index contributed by atoms with van der Waals surface area (Å²) in [7, 11) is 0. The Morgan fingerprint density at radius 2 is 2.05 bits per heavy atom. The summed E-state index contributed by atoms with van der Waals surface area (Å²) < 4.78 is 12.2. The Morgan fingerprint density at radius 3 is 2.68 bits per heavy atom. The van der Waals surface area contributed by atoms with E-state index in [1.165, 1.54) is 0 Å². The number of benzene rings is 1. The first kappa shape index (κ1) is 28.6. The minimum atomic E-state index is -1.13. The number of aliphatic hydroxyl groups is 1. The molecule has 1 aromatic rings. The van der Waals surface area contributed by atoms with Crippen LogP contribution in [0.15, 0.2) is 30.9 Å². The quantitative estimate of drug-likeness (QED) is 0.241. The second kappa shape index (κ2) is 11.4. The number of hydrogen-bond acceptors (Lipinski definition) is 6. The number of halogens is 1. The number of hydrogen-bond donors (Lipinski definition) is 1. The van der Waals surface area contributed by atoms with Crippen LogP contribution in [0.4, 0.5) is 5.69 Å². The van der Waals surface area contributed by atoms with Gasteiger partial charge in [0.05, 0.1) is 28.8 Å². The number of nitrogens with zero attached hydrogens (tertiary/aromatic N) is 2. The Balaban J connectivity index is 1.81. The fraction of sp³-hybridized carbons (Fsp3) is 0.621. The summed E-state index contributed by atoms with van der Waals surface area (Å²) in [5.74, 6) is -2.53. The molecule has 5 atom stereocenters. The van der Waals surface area contributed by atoms with Crippen molar-refractivity contribution >= 4 is 35.1 Å². The molecular weight excluding hydrogens is 508 g/mol. The first-order valence-corrected chi connectivity index (χ1v) is 14.1. The maximum Gasteiger partial charge on any atom is 0.312 e. The molecule has 1 N–H and O–H groups in total. The maximum atomic E-state index is 14.6. The SMILES string of the molecule is C=CCN(C(=O)C1N(CCCCCO)C(=O)[C@@H]2[C@H](C(=O)OCC)[C@]3(CC)CCC12O3)c1c(C)cccc1Cl. The summed E-state index contributed by atoms with van der Waals surface area (Å²) in [6, 6.07) is 4.54. The van der Waals surface area contributed by atoms with Crippen LogP contribution in [0.2, 0.25) is 5.02 Å². The largest absolute Gasteiger partial charge is 0.466 e. The summed E-state index contributed by atoms with van der Waals surface area (Å²) in [6.45, 7) is 10.2. The van der Waals surface area contributed by atoms with E-state index in [0.29, 0.717) is 55.8 Å². The molecule has 2 unspecified atom stereocenters. The average Bonchev–Trinajstić information content (AvgIpc) is 3.49. The second-order valence-electron chi connectivity index (χ2n) is 10.5. The van der Waals surface area contributed by atoms with Gasteiger partial charge >= 0.3 is 5.97 Å². The molecule has 0 saturated carbocycles. The van der Waals surface area contributed by atoms with Crippen LogP contribution in [-0.4, -0.2) is 71.3 Å².